The SMILES string of the molecule is COC(=O)c1ccc(CCNC(=O)CN(C)C(=O)c2cccs2)cc1. The van der Waals surface area contributed by atoms with E-state index in [4.69, 9.17) is 0 Å². The van der Waals surface area contributed by atoms with Crippen molar-refractivity contribution in [1.82, 2.24) is 10.2 Å². The van der Waals surface area contributed by atoms with Gasteiger partial charge in [-0.2, -0.15) is 0 Å². The van der Waals surface area contributed by atoms with E-state index in [1.54, 1.807) is 31.3 Å². The third kappa shape index (κ3) is 5.42. The zero-order valence-corrected chi connectivity index (χ0v) is 15.0. The van der Waals surface area contributed by atoms with E-state index < -0.39 is 0 Å². The molecule has 132 valence electrons. The summed E-state index contributed by atoms with van der Waals surface area (Å²) < 4.78 is 4.64. The Balaban J connectivity index is 1.75. The molecule has 2 rings (SSSR count). The molecule has 25 heavy (non-hydrogen) atoms. The Morgan fingerprint density at radius 3 is 2.48 bits per heavy atom. The fourth-order valence-corrected chi connectivity index (χ4v) is 2.92. The molecule has 0 aliphatic rings. The molecule has 0 aliphatic carbocycles. The minimum Gasteiger partial charge on any atom is -0.465 e. The van der Waals surface area contributed by atoms with Crippen LogP contribution in [0.4, 0.5) is 0 Å². The summed E-state index contributed by atoms with van der Waals surface area (Å²) in [7, 11) is 2.94. The maximum absolute atomic E-state index is 12.1. The summed E-state index contributed by atoms with van der Waals surface area (Å²) in [6, 6.07) is 10.6. The number of hydrogen-bond donors (Lipinski definition) is 1. The lowest BCUT2D eigenvalue weighted by Gasteiger charge is -2.15. The Bertz CT molecular complexity index is 726. The number of nitrogens with one attached hydrogen (secondary N) is 1. The zero-order chi connectivity index (χ0) is 18.2. The molecule has 0 bridgehead atoms. The van der Waals surface area contributed by atoms with Crippen molar-refractivity contribution in [2.75, 3.05) is 27.2 Å². The molecule has 1 heterocycles. The van der Waals surface area contributed by atoms with Crippen molar-refractivity contribution in [3.05, 3.63) is 57.8 Å². The molecule has 0 fully saturated rings. The number of thiophene rings is 1. The van der Waals surface area contributed by atoms with Crippen LogP contribution >= 0.6 is 11.3 Å². The van der Waals surface area contributed by atoms with Crippen LogP contribution in [0.1, 0.15) is 25.6 Å². The second kappa shape index (κ2) is 8.98. The Labute approximate surface area is 150 Å². The van der Waals surface area contributed by atoms with E-state index in [1.165, 1.54) is 23.3 Å². The van der Waals surface area contributed by atoms with Crippen molar-refractivity contribution in [1.29, 1.82) is 0 Å². The van der Waals surface area contributed by atoms with Gasteiger partial charge in [-0.05, 0) is 35.6 Å². The van der Waals surface area contributed by atoms with E-state index in [0.717, 1.165) is 5.56 Å². The first-order valence-electron chi connectivity index (χ1n) is 7.74. The van der Waals surface area contributed by atoms with Gasteiger partial charge in [-0.15, -0.1) is 11.3 Å². The normalized spacial score (nSPS) is 10.2. The number of amides is 2. The topological polar surface area (TPSA) is 75.7 Å². The smallest absolute Gasteiger partial charge is 0.337 e. The summed E-state index contributed by atoms with van der Waals surface area (Å²) in [5.41, 5.74) is 1.49. The number of likely N-dealkylation sites (N-methyl/N-ethyl adjacent to an activating group) is 1. The number of carbonyl (C=O) groups is 3. The molecular weight excluding hydrogens is 340 g/mol. The van der Waals surface area contributed by atoms with Crippen molar-refractivity contribution < 1.29 is 19.1 Å². The molecule has 1 N–H and O–H groups in total. The van der Waals surface area contributed by atoms with Crippen molar-refractivity contribution in [3.8, 4) is 0 Å². The van der Waals surface area contributed by atoms with E-state index in [2.05, 4.69) is 10.1 Å². The van der Waals surface area contributed by atoms with Crippen LogP contribution < -0.4 is 5.32 Å². The van der Waals surface area contributed by atoms with Crippen LogP contribution in [0.15, 0.2) is 41.8 Å². The molecule has 0 aliphatic heterocycles. The summed E-state index contributed by atoms with van der Waals surface area (Å²) in [6.07, 6.45) is 0.635. The Morgan fingerprint density at radius 2 is 1.88 bits per heavy atom. The van der Waals surface area contributed by atoms with Crippen LogP contribution in [-0.4, -0.2) is 49.9 Å². The third-order valence-electron chi connectivity index (χ3n) is 3.57. The average Bonchev–Trinajstić information content (AvgIpc) is 3.15. The highest BCUT2D eigenvalue weighted by molar-refractivity contribution is 7.12. The lowest BCUT2D eigenvalue weighted by molar-refractivity contribution is -0.121. The second-order valence-corrected chi connectivity index (χ2v) is 6.37. The fraction of sp³-hybridized carbons (Fsp3) is 0.278. The molecule has 0 unspecified atom stereocenters. The number of carbonyl (C=O) groups excluding carboxylic acids is 3. The predicted octanol–water partition coefficient (Wildman–Crippen LogP) is 1.97. The van der Waals surface area contributed by atoms with Crippen molar-refractivity contribution in [2.45, 2.75) is 6.42 Å². The van der Waals surface area contributed by atoms with E-state index in [1.807, 2.05) is 17.5 Å². The van der Waals surface area contributed by atoms with Gasteiger partial charge in [0, 0.05) is 13.6 Å². The van der Waals surface area contributed by atoms with Gasteiger partial charge in [0.2, 0.25) is 5.91 Å². The highest BCUT2D eigenvalue weighted by atomic mass is 32.1. The van der Waals surface area contributed by atoms with E-state index >= 15 is 0 Å². The first kappa shape index (κ1) is 18.7. The van der Waals surface area contributed by atoms with Gasteiger partial charge < -0.3 is 15.0 Å². The first-order valence-corrected chi connectivity index (χ1v) is 8.62. The fourth-order valence-electron chi connectivity index (χ4n) is 2.20. The average molecular weight is 360 g/mol. The summed E-state index contributed by atoms with van der Waals surface area (Å²) in [5, 5.41) is 4.62. The van der Waals surface area contributed by atoms with E-state index in [0.29, 0.717) is 23.4 Å². The number of rotatable bonds is 7. The Hall–Kier alpha value is -2.67. The zero-order valence-electron chi connectivity index (χ0n) is 14.2. The Morgan fingerprint density at radius 1 is 1.16 bits per heavy atom. The molecule has 2 amide bonds. The van der Waals surface area contributed by atoms with E-state index in [9.17, 15) is 14.4 Å². The molecule has 1 aromatic carbocycles. The maximum atomic E-state index is 12.1. The number of ether oxygens (including phenoxy) is 1. The molecule has 0 saturated heterocycles. The van der Waals surface area contributed by atoms with Crippen LogP contribution in [0.3, 0.4) is 0 Å². The van der Waals surface area contributed by atoms with Gasteiger partial charge >= 0.3 is 5.97 Å². The van der Waals surface area contributed by atoms with E-state index in [-0.39, 0.29) is 24.3 Å². The number of hydrogen-bond acceptors (Lipinski definition) is 5. The molecular formula is C18H20N2O4S. The van der Waals surface area contributed by atoms with Gasteiger partial charge in [-0.25, -0.2) is 4.79 Å². The minimum absolute atomic E-state index is 0.0119. The van der Waals surface area contributed by atoms with Crippen LogP contribution in [0, 0.1) is 0 Å². The molecule has 7 heteroatoms. The molecule has 0 radical (unpaired) electrons. The molecule has 0 saturated carbocycles. The summed E-state index contributed by atoms with van der Waals surface area (Å²) in [5.74, 6) is -0.750. The van der Waals surface area contributed by atoms with Crippen LogP contribution in [0.5, 0.6) is 0 Å². The van der Waals surface area contributed by atoms with Gasteiger partial charge in [0.25, 0.3) is 5.91 Å². The molecule has 0 atom stereocenters. The lowest BCUT2D eigenvalue weighted by atomic mass is 10.1. The van der Waals surface area contributed by atoms with Crippen molar-refractivity contribution in [3.63, 3.8) is 0 Å². The van der Waals surface area contributed by atoms with Gasteiger partial charge in [-0.3, -0.25) is 9.59 Å². The number of methoxy groups -OCH3 is 1. The highest BCUT2D eigenvalue weighted by Gasteiger charge is 2.15. The minimum atomic E-state index is -0.377. The predicted molar refractivity (Wildman–Crippen MR) is 95.8 cm³/mol. The largest absolute Gasteiger partial charge is 0.465 e. The quantitative estimate of drug-likeness (QED) is 0.766. The molecule has 0 spiro atoms. The first-order chi connectivity index (χ1) is 12.0. The Kier molecular flexibility index (Phi) is 6.71. The van der Waals surface area contributed by atoms with Gasteiger partial charge in [0.05, 0.1) is 24.1 Å². The highest BCUT2D eigenvalue weighted by Crippen LogP contribution is 2.10. The number of benzene rings is 1. The summed E-state index contributed by atoms with van der Waals surface area (Å²) in [4.78, 5) is 37.4. The summed E-state index contributed by atoms with van der Waals surface area (Å²) >= 11 is 1.35. The number of esters is 1. The second-order valence-electron chi connectivity index (χ2n) is 5.43. The van der Waals surface area contributed by atoms with Crippen LogP contribution in [0.2, 0.25) is 0 Å². The standard InChI is InChI=1S/C18H20N2O4S/c1-20(17(22)15-4-3-11-25-15)12-16(21)19-10-9-13-5-7-14(8-6-13)18(23)24-2/h3-8,11H,9-10,12H2,1-2H3,(H,19,21). The number of nitrogens with zero attached hydrogens (tertiary/aromatic N) is 1. The lowest BCUT2D eigenvalue weighted by Crippen LogP contribution is -2.38. The molecule has 2 aromatic rings. The van der Waals surface area contributed by atoms with Gasteiger partial charge in [-0.1, -0.05) is 18.2 Å². The molecule has 1 aromatic heterocycles. The maximum Gasteiger partial charge on any atom is 0.337 e. The third-order valence-corrected chi connectivity index (χ3v) is 4.43. The van der Waals surface area contributed by atoms with Gasteiger partial charge in [0.15, 0.2) is 0 Å². The van der Waals surface area contributed by atoms with Crippen LogP contribution in [0.25, 0.3) is 0 Å². The van der Waals surface area contributed by atoms with Crippen molar-refractivity contribution >= 4 is 29.1 Å². The van der Waals surface area contributed by atoms with Crippen LogP contribution in [-0.2, 0) is 16.0 Å². The van der Waals surface area contributed by atoms with Crippen molar-refractivity contribution in [2.24, 2.45) is 0 Å². The summed E-state index contributed by atoms with van der Waals surface area (Å²) in [6.45, 7) is 0.468. The van der Waals surface area contributed by atoms with Gasteiger partial charge in [0.1, 0.15) is 0 Å². The molecule has 6 nitrogen and oxygen atoms in total. The monoisotopic (exact) mass is 360 g/mol.